The monoisotopic (exact) mass is 346 g/mol. The van der Waals surface area contributed by atoms with E-state index in [9.17, 15) is 13.2 Å². The van der Waals surface area contributed by atoms with Gasteiger partial charge in [0, 0.05) is 30.2 Å². The van der Waals surface area contributed by atoms with Crippen molar-refractivity contribution < 1.29 is 13.2 Å². The Labute approximate surface area is 140 Å². The maximum Gasteiger partial charge on any atom is 0.251 e. The van der Waals surface area contributed by atoms with Crippen LogP contribution in [0.25, 0.3) is 0 Å². The maximum atomic E-state index is 12.2. The van der Waals surface area contributed by atoms with E-state index in [1.165, 1.54) is 0 Å². The van der Waals surface area contributed by atoms with Crippen molar-refractivity contribution in [2.45, 2.75) is 6.42 Å². The SMILES string of the molecule is O=C(NC[C@H]1CCS(=O)(=O)C1)c1cccc(Nc2ncccn2)c1. The molecule has 126 valence electrons. The summed E-state index contributed by atoms with van der Waals surface area (Å²) in [5.74, 6) is 0.589. The van der Waals surface area contributed by atoms with Crippen LogP contribution in [0.4, 0.5) is 11.6 Å². The summed E-state index contributed by atoms with van der Waals surface area (Å²) in [5, 5.41) is 5.83. The molecule has 2 N–H and O–H groups in total. The van der Waals surface area contributed by atoms with Gasteiger partial charge in [0.1, 0.15) is 0 Å². The fourth-order valence-corrected chi connectivity index (χ4v) is 4.46. The Hall–Kier alpha value is -2.48. The lowest BCUT2D eigenvalue weighted by Crippen LogP contribution is -2.29. The molecule has 24 heavy (non-hydrogen) atoms. The van der Waals surface area contributed by atoms with Gasteiger partial charge in [-0.15, -0.1) is 0 Å². The van der Waals surface area contributed by atoms with E-state index in [2.05, 4.69) is 20.6 Å². The Morgan fingerprint density at radius 2 is 2.00 bits per heavy atom. The molecule has 1 aliphatic rings. The van der Waals surface area contributed by atoms with Crippen LogP contribution in [0.3, 0.4) is 0 Å². The molecule has 1 saturated heterocycles. The smallest absolute Gasteiger partial charge is 0.251 e. The van der Waals surface area contributed by atoms with Crippen molar-refractivity contribution in [3.63, 3.8) is 0 Å². The standard InChI is InChI=1S/C16H18N4O3S/c21-15(19-10-12-5-8-24(22,23)11-12)13-3-1-4-14(9-13)20-16-17-6-2-7-18-16/h1-4,6-7,9,12H,5,8,10-11H2,(H,19,21)(H,17,18,20)/t12-/m1/s1. The average molecular weight is 346 g/mol. The molecule has 2 heterocycles. The zero-order valence-corrected chi connectivity index (χ0v) is 13.8. The summed E-state index contributed by atoms with van der Waals surface area (Å²) in [6.07, 6.45) is 3.86. The predicted molar refractivity (Wildman–Crippen MR) is 90.9 cm³/mol. The van der Waals surface area contributed by atoms with Crippen LogP contribution >= 0.6 is 0 Å². The van der Waals surface area contributed by atoms with Crippen molar-refractivity contribution in [2.24, 2.45) is 5.92 Å². The largest absolute Gasteiger partial charge is 0.352 e. The van der Waals surface area contributed by atoms with E-state index in [1.54, 1.807) is 36.7 Å². The Balaban J connectivity index is 1.60. The van der Waals surface area contributed by atoms with Gasteiger partial charge in [0.2, 0.25) is 5.95 Å². The van der Waals surface area contributed by atoms with Gasteiger partial charge in [0.25, 0.3) is 5.91 Å². The van der Waals surface area contributed by atoms with Gasteiger partial charge >= 0.3 is 0 Å². The highest BCUT2D eigenvalue weighted by Gasteiger charge is 2.27. The Morgan fingerprint density at radius 3 is 2.71 bits per heavy atom. The quantitative estimate of drug-likeness (QED) is 0.848. The third-order valence-corrected chi connectivity index (χ3v) is 5.66. The summed E-state index contributed by atoms with van der Waals surface area (Å²) < 4.78 is 22.9. The summed E-state index contributed by atoms with van der Waals surface area (Å²) in [7, 11) is -2.92. The number of nitrogens with one attached hydrogen (secondary N) is 2. The van der Waals surface area contributed by atoms with E-state index < -0.39 is 9.84 Å². The molecular weight excluding hydrogens is 328 g/mol. The molecule has 0 bridgehead atoms. The number of benzene rings is 1. The number of amides is 1. The topological polar surface area (TPSA) is 101 Å². The molecule has 7 nitrogen and oxygen atoms in total. The van der Waals surface area contributed by atoms with Crippen LogP contribution in [-0.4, -0.2) is 42.3 Å². The predicted octanol–water partition coefficient (Wildman–Crippen LogP) is 1.38. The Kier molecular flexibility index (Phi) is 4.75. The first-order chi connectivity index (χ1) is 11.5. The second-order valence-electron chi connectivity index (χ2n) is 5.76. The van der Waals surface area contributed by atoms with E-state index in [1.807, 2.05) is 6.07 Å². The summed E-state index contributed by atoms with van der Waals surface area (Å²) >= 11 is 0. The van der Waals surface area contributed by atoms with Crippen LogP contribution in [-0.2, 0) is 9.84 Å². The van der Waals surface area contributed by atoms with E-state index in [4.69, 9.17) is 0 Å². The number of anilines is 2. The molecule has 1 aliphatic heterocycles. The lowest BCUT2D eigenvalue weighted by Gasteiger charge is -2.11. The maximum absolute atomic E-state index is 12.2. The fourth-order valence-electron chi connectivity index (χ4n) is 2.60. The van der Waals surface area contributed by atoms with Crippen molar-refractivity contribution in [1.29, 1.82) is 0 Å². The fraction of sp³-hybridized carbons (Fsp3) is 0.312. The molecule has 1 atom stereocenters. The molecule has 1 fully saturated rings. The van der Waals surface area contributed by atoms with Gasteiger partial charge in [-0.05, 0) is 36.6 Å². The minimum absolute atomic E-state index is 0.00187. The number of sulfone groups is 1. The summed E-state index contributed by atoms with van der Waals surface area (Å²) in [6.45, 7) is 0.373. The van der Waals surface area contributed by atoms with Crippen molar-refractivity contribution in [3.8, 4) is 0 Å². The van der Waals surface area contributed by atoms with E-state index in [0.717, 1.165) is 0 Å². The number of carbonyl (C=O) groups is 1. The number of hydrogen-bond acceptors (Lipinski definition) is 6. The molecule has 3 rings (SSSR count). The molecule has 1 amide bonds. The molecule has 0 aliphatic carbocycles. The minimum Gasteiger partial charge on any atom is -0.352 e. The highest BCUT2D eigenvalue weighted by molar-refractivity contribution is 7.91. The molecule has 0 spiro atoms. The van der Waals surface area contributed by atoms with Gasteiger partial charge in [-0.25, -0.2) is 18.4 Å². The average Bonchev–Trinajstić information content (AvgIpc) is 2.93. The van der Waals surface area contributed by atoms with Crippen molar-refractivity contribution in [3.05, 3.63) is 48.3 Å². The van der Waals surface area contributed by atoms with Crippen LogP contribution < -0.4 is 10.6 Å². The van der Waals surface area contributed by atoms with E-state index >= 15 is 0 Å². The molecular formula is C16H18N4O3S. The molecule has 8 heteroatoms. The number of carbonyl (C=O) groups excluding carboxylic acids is 1. The van der Waals surface area contributed by atoms with Gasteiger partial charge in [-0.1, -0.05) is 6.07 Å². The number of nitrogens with zero attached hydrogens (tertiary/aromatic N) is 2. The van der Waals surface area contributed by atoms with Crippen LogP contribution in [0.5, 0.6) is 0 Å². The lowest BCUT2D eigenvalue weighted by molar-refractivity contribution is 0.0948. The van der Waals surface area contributed by atoms with Gasteiger partial charge in [-0.3, -0.25) is 4.79 Å². The van der Waals surface area contributed by atoms with Crippen LogP contribution in [0, 0.1) is 5.92 Å². The van der Waals surface area contributed by atoms with Gasteiger partial charge in [-0.2, -0.15) is 0 Å². The van der Waals surface area contributed by atoms with Crippen molar-refractivity contribution in [2.75, 3.05) is 23.4 Å². The number of hydrogen-bond donors (Lipinski definition) is 2. The lowest BCUT2D eigenvalue weighted by atomic mass is 10.1. The van der Waals surface area contributed by atoms with Crippen LogP contribution in [0.2, 0.25) is 0 Å². The van der Waals surface area contributed by atoms with Gasteiger partial charge in [0.05, 0.1) is 11.5 Å². The first kappa shape index (κ1) is 16.4. The zero-order chi connectivity index (χ0) is 17.0. The van der Waals surface area contributed by atoms with Gasteiger partial charge < -0.3 is 10.6 Å². The molecule has 0 radical (unpaired) electrons. The number of aromatic nitrogens is 2. The van der Waals surface area contributed by atoms with Crippen LogP contribution in [0.1, 0.15) is 16.8 Å². The minimum atomic E-state index is -2.92. The highest BCUT2D eigenvalue weighted by Crippen LogP contribution is 2.18. The third-order valence-electron chi connectivity index (χ3n) is 3.82. The normalized spacial score (nSPS) is 18.9. The van der Waals surface area contributed by atoms with Gasteiger partial charge in [0.15, 0.2) is 9.84 Å². The molecule has 0 unspecified atom stereocenters. The summed E-state index contributed by atoms with van der Waals surface area (Å²) in [5.41, 5.74) is 1.20. The first-order valence-electron chi connectivity index (χ1n) is 7.64. The molecule has 1 aromatic heterocycles. The van der Waals surface area contributed by atoms with Crippen molar-refractivity contribution in [1.82, 2.24) is 15.3 Å². The second-order valence-corrected chi connectivity index (χ2v) is 7.99. The Morgan fingerprint density at radius 1 is 1.21 bits per heavy atom. The van der Waals surface area contributed by atoms with E-state index in [0.29, 0.717) is 30.2 Å². The highest BCUT2D eigenvalue weighted by atomic mass is 32.2. The summed E-state index contributed by atoms with van der Waals surface area (Å²) in [4.78, 5) is 20.4. The first-order valence-corrected chi connectivity index (χ1v) is 9.47. The Bertz CT molecular complexity index is 824. The molecule has 0 saturated carbocycles. The number of rotatable bonds is 5. The third kappa shape index (κ3) is 4.29. The zero-order valence-electron chi connectivity index (χ0n) is 13.0. The summed E-state index contributed by atoms with van der Waals surface area (Å²) in [6, 6.07) is 8.71. The van der Waals surface area contributed by atoms with Crippen LogP contribution in [0.15, 0.2) is 42.7 Å². The van der Waals surface area contributed by atoms with Crippen molar-refractivity contribution >= 4 is 27.4 Å². The molecule has 2 aromatic rings. The second kappa shape index (κ2) is 6.96. The molecule has 1 aromatic carbocycles. The van der Waals surface area contributed by atoms with E-state index in [-0.39, 0.29) is 23.3 Å².